The Labute approximate surface area is 112 Å². The molecule has 0 aliphatic rings. The highest BCUT2D eigenvalue weighted by atomic mass is 32.1. The predicted molar refractivity (Wildman–Crippen MR) is 78.7 cm³/mol. The second kappa shape index (κ2) is 5.98. The first-order valence-electron chi connectivity index (χ1n) is 6.17. The van der Waals surface area contributed by atoms with Crippen molar-refractivity contribution < 1.29 is 0 Å². The Bertz CT molecular complexity index is 507. The molecule has 0 saturated heterocycles. The van der Waals surface area contributed by atoms with Crippen molar-refractivity contribution in [2.45, 2.75) is 20.4 Å². The lowest BCUT2D eigenvalue weighted by Crippen LogP contribution is -2.16. The molecule has 0 aliphatic heterocycles. The second-order valence-electron chi connectivity index (χ2n) is 4.24. The number of aromatic nitrogens is 1. The van der Waals surface area contributed by atoms with Gasteiger partial charge in [0.05, 0.1) is 5.69 Å². The van der Waals surface area contributed by atoms with Gasteiger partial charge in [0.25, 0.3) is 0 Å². The van der Waals surface area contributed by atoms with E-state index in [1.165, 1.54) is 11.3 Å². The van der Waals surface area contributed by atoms with Gasteiger partial charge in [0.1, 0.15) is 0 Å². The zero-order valence-corrected chi connectivity index (χ0v) is 11.9. The third-order valence-electron chi connectivity index (χ3n) is 2.76. The van der Waals surface area contributed by atoms with Crippen LogP contribution in [0.4, 0.5) is 10.8 Å². The molecular formula is C14H19N3S. The molecule has 1 N–H and O–H groups in total. The van der Waals surface area contributed by atoms with Crippen LogP contribution in [0.15, 0.2) is 29.6 Å². The molecule has 0 radical (unpaired) electrons. The smallest absolute Gasteiger partial charge is 0.190 e. The summed E-state index contributed by atoms with van der Waals surface area (Å²) in [7, 11) is 1.94. The SMILES string of the molecule is CCN(c1cccc(C)c1)c1nc(CNC)cs1. The van der Waals surface area contributed by atoms with Gasteiger partial charge in [-0.2, -0.15) is 0 Å². The van der Waals surface area contributed by atoms with E-state index < -0.39 is 0 Å². The minimum Gasteiger partial charge on any atom is -0.318 e. The van der Waals surface area contributed by atoms with Crippen LogP contribution in [0.1, 0.15) is 18.2 Å². The number of thiazole rings is 1. The standard InChI is InChI=1S/C14H19N3S/c1-4-17(13-7-5-6-11(2)8-13)14-16-12(9-15-3)10-18-14/h5-8,10,15H,4,9H2,1-3H3. The third-order valence-corrected chi connectivity index (χ3v) is 3.67. The Kier molecular flexibility index (Phi) is 4.33. The summed E-state index contributed by atoms with van der Waals surface area (Å²) in [4.78, 5) is 6.91. The molecule has 1 heterocycles. The van der Waals surface area contributed by atoms with Crippen molar-refractivity contribution in [2.24, 2.45) is 0 Å². The van der Waals surface area contributed by atoms with E-state index in [1.54, 1.807) is 11.3 Å². The van der Waals surface area contributed by atoms with Crippen LogP contribution in [0.2, 0.25) is 0 Å². The zero-order valence-electron chi connectivity index (χ0n) is 11.1. The Morgan fingerprint density at radius 3 is 2.89 bits per heavy atom. The van der Waals surface area contributed by atoms with E-state index >= 15 is 0 Å². The van der Waals surface area contributed by atoms with Gasteiger partial charge in [-0.25, -0.2) is 4.98 Å². The molecule has 96 valence electrons. The normalized spacial score (nSPS) is 10.6. The molecule has 0 aliphatic carbocycles. The summed E-state index contributed by atoms with van der Waals surface area (Å²) in [6.45, 7) is 6.02. The van der Waals surface area contributed by atoms with Gasteiger partial charge in [-0.05, 0) is 38.6 Å². The van der Waals surface area contributed by atoms with Crippen molar-refractivity contribution in [2.75, 3.05) is 18.5 Å². The van der Waals surface area contributed by atoms with Gasteiger partial charge >= 0.3 is 0 Å². The number of benzene rings is 1. The summed E-state index contributed by atoms with van der Waals surface area (Å²) < 4.78 is 0. The van der Waals surface area contributed by atoms with E-state index in [1.807, 2.05) is 7.05 Å². The van der Waals surface area contributed by atoms with Crippen molar-refractivity contribution >= 4 is 22.2 Å². The highest BCUT2D eigenvalue weighted by Gasteiger charge is 2.11. The van der Waals surface area contributed by atoms with Crippen LogP contribution in [0.3, 0.4) is 0 Å². The van der Waals surface area contributed by atoms with E-state index in [9.17, 15) is 0 Å². The Morgan fingerprint density at radius 2 is 2.22 bits per heavy atom. The lowest BCUT2D eigenvalue weighted by atomic mass is 10.2. The van der Waals surface area contributed by atoms with Crippen LogP contribution in [-0.4, -0.2) is 18.6 Å². The fraction of sp³-hybridized carbons (Fsp3) is 0.357. The summed E-state index contributed by atoms with van der Waals surface area (Å²) in [5.41, 5.74) is 3.59. The van der Waals surface area contributed by atoms with Crippen molar-refractivity contribution in [1.82, 2.24) is 10.3 Å². The summed E-state index contributed by atoms with van der Waals surface area (Å²) in [6, 6.07) is 8.54. The summed E-state index contributed by atoms with van der Waals surface area (Å²) >= 11 is 1.70. The highest BCUT2D eigenvalue weighted by molar-refractivity contribution is 7.13. The zero-order chi connectivity index (χ0) is 13.0. The molecule has 0 atom stereocenters. The van der Waals surface area contributed by atoms with Crippen LogP contribution in [0.25, 0.3) is 0 Å². The summed E-state index contributed by atoms with van der Waals surface area (Å²) in [5.74, 6) is 0. The second-order valence-corrected chi connectivity index (χ2v) is 5.07. The highest BCUT2D eigenvalue weighted by Crippen LogP contribution is 2.28. The summed E-state index contributed by atoms with van der Waals surface area (Å²) in [6.07, 6.45) is 0. The van der Waals surface area contributed by atoms with Crippen molar-refractivity contribution in [3.05, 3.63) is 40.9 Å². The molecule has 0 spiro atoms. The maximum Gasteiger partial charge on any atom is 0.190 e. The first kappa shape index (κ1) is 13.1. The molecule has 0 bridgehead atoms. The number of hydrogen-bond acceptors (Lipinski definition) is 4. The first-order chi connectivity index (χ1) is 8.74. The van der Waals surface area contributed by atoms with E-state index in [0.29, 0.717) is 0 Å². The van der Waals surface area contributed by atoms with Gasteiger partial charge in [-0.3, -0.25) is 0 Å². The number of aryl methyl sites for hydroxylation is 1. The third kappa shape index (κ3) is 2.89. The number of rotatable bonds is 5. The minimum atomic E-state index is 0.821. The van der Waals surface area contributed by atoms with Crippen LogP contribution < -0.4 is 10.2 Å². The molecule has 2 rings (SSSR count). The lowest BCUT2D eigenvalue weighted by molar-refractivity contribution is 0.795. The van der Waals surface area contributed by atoms with Gasteiger partial charge in [0, 0.05) is 24.2 Å². The fourth-order valence-corrected chi connectivity index (χ4v) is 2.82. The molecule has 0 fully saturated rings. The molecule has 2 aromatic rings. The van der Waals surface area contributed by atoms with Crippen LogP contribution in [-0.2, 0) is 6.54 Å². The maximum absolute atomic E-state index is 4.66. The van der Waals surface area contributed by atoms with E-state index in [0.717, 1.165) is 23.9 Å². The number of nitrogens with one attached hydrogen (secondary N) is 1. The molecule has 0 amide bonds. The van der Waals surface area contributed by atoms with E-state index in [2.05, 4.69) is 58.7 Å². The van der Waals surface area contributed by atoms with Gasteiger partial charge in [-0.15, -0.1) is 11.3 Å². The van der Waals surface area contributed by atoms with Crippen molar-refractivity contribution in [3.63, 3.8) is 0 Å². The minimum absolute atomic E-state index is 0.821. The van der Waals surface area contributed by atoms with Crippen molar-refractivity contribution in [3.8, 4) is 0 Å². The number of nitrogens with zero attached hydrogens (tertiary/aromatic N) is 2. The van der Waals surface area contributed by atoms with Crippen LogP contribution in [0, 0.1) is 6.92 Å². The monoisotopic (exact) mass is 261 g/mol. The van der Waals surface area contributed by atoms with E-state index in [-0.39, 0.29) is 0 Å². The predicted octanol–water partition coefficient (Wildman–Crippen LogP) is 3.33. The quantitative estimate of drug-likeness (QED) is 0.895. The molecule has 18 heavy (non-hydrogen) atoms. The van der Waals surface area contributed by atoms with Crippen LogP contribution in [0.5, 0.6) is 0 Å². The van der Waals surface area contributed by atoms with Gasteiger partial charge < -0.3 is 10.2 Å². The molecule has 0 unspecified atom stereocenters. The molecular weight excluding hydrogens is 242 g/mol. The molecule has 1 aromatic carbocycles. The van der Waals surface area contributed by atoms with Crippen LogP contribution >= 0.6 is 11.3 Å². The van der Waals surface area contributed by atoms with Gasteiger partial charge in [-0.1, -0.05) is 12.1 Å². The average Bonchev–Trinajstić information content (AvgIpc) is 2.79. The van der Waals surface area contributed by atoms with Gasteiger partial charge in [0.15, 0.2) is 5.13 Å². The maximum atomic E-state index is 4.66. The Morgan fingerprint density at radius 1 is 1.39 bits per heavy atom. The lowest BCUT2D eigenvalue weighted by Gasteiger charge is -2.20. The Hall–Kier alpha value is -1.39. The summed E-state index contributed by atoms with van der Waals surface area (Å²) in [5, 5.41) is 6.31. The number of hydrogen-bond donors (Lipinski definition) is 1. The van der Waals surface area contributed by atoms with Gasteiger partial charge in [0.2, 0.25) is 0 Å². The largest absolute Gasteiger partial charge is 0.318 e. The first-order valence-corrected chi connectivity index (χ1v) is 7.05. The Balaban J connectivity index is 2.27. The topological polar surface area (TPSA) is 28.2 Å². The fourth-order valence-electron chi connectivity index (χ4n) is 1.91. The van der Waals surface area contributed by atoms with E-state index in [4.69, 9.17) is 0 Å². The molecule has 1 aromatic heterocycles. The molecule has 3 nitrogen and oxygen atoms in total. The van der Waals surface area contributed by atoms with Crippen molar-refractivity contribution in [1.29, 1.82) is 0 Å². The average molecular weight is 261 g/mol. The number of anilines is 2. The molecule has 4 heteroatoms. The molecule has 0 saturated carbocycles.